The van der Waals surface area contributed by atoms with Crippen LogP contribution in [0, 0.1) is 20.8 Å². The Balaban J connectivity index is 2.44. The Kier molecular flexibility index (Phi) is 2.76. The Bertz CT molecular complexity index is 582. The van der Waals surface area contributed by atoms with Crippen LogP contribution in [-0.4, -0.2) is 5.78 Å². The average molecular weight is 229 g/mol. The number of carbonyl (C=O) groups excluding carboxylic acids is 1. The predicted octanol–water partition coefficient (Wildman–Crippen LogP) is 3.02. The van der Waals surface area contributed by atoms with Gasteiger partial charge in [0, 0.05) is 11.3 Å². The highest BCUT2D eigenvalue weighted by Crippen LogP contribution is 2.20. The fourth-order valence-electron chi connectivity index (χ4n) is 1.79. The first-order valence-electron chi connectivity index (χ1n) is 5.47. The van der Waals surface area contributed by atoms with Crippen LogP contribution in [0.5, 0.6) is 0 Å². The zero-order valence-corrected chi connectivity index (χ0v) is 10.2. The van der Waals surface area contributed by atoms with Crippen molar-refractivity contribution in [2.24, 2.45) is 0 Å². The van der Waals surface area contributed by atoms with Crippen molar-refractivity contribution in [3.8, 4) is 0 Å². The van der Waals surface area contributed by atoms with Crippen LogP contribution >= 0.6 is 0 Å². The molecule has 0 bridgehead atoms. The quantitative estimate of drug-likeness (QED) is 0.636. The normalized spacial score (nSPS) is 10.5. The summed E-state index contributed by atoms with van der Waals surface area (Å²) in [7, 11) is 0. The largest absolute Gasteiger partial charge is 0.466 e. The summed E-state index contributed by atoms with van der Waals surface area (Å²) in [5.74, 6) is 1.34. The van der Waals surface area contributed by atoms with E-state index in [-0.39, 0.29) is 5.78 Å². The summed E-state index contributed by atoms with van der Waals surface area (Å²) in [6.07, 6.45) is 0. The van der Waals surface area contributed by atoms with Gasteiger partial charge in [-0.05, 0) is 38.5 Å². The lowest BCUT2D eigenvalue weighted by atomic mass is 10.0. The summed E-state index contributed by atoms with van der Waals surface area (Å²) in [6, 6.07) is 7.10. The molecular formula is C14H15NO2. The van der Waals surface area contributed by atoms with Gasteiger partial charge in [0.2, 0.25) is 0 Å². The maximum atomic E-state index is 12.2. The van der Waals surface area contributed by atoms with E-state index >= 15 is 0 Å². The molecule has 0 saturated carbocycles. The lowest BCUT2D eigenvalue weighted by molar-refractivity contribution is 0.103. The number of carbonyl (C=O) groups is 1. The number of furan rings is 1. The summed E-state index contributed by atoms with van der Waals surface area (Å²) >= 11 is 0. The second-order valence-corrected chi connectivity index (χ2v) is 4.23. The number of rotatable bonds is 2. The minimum atomic E-state index is -0.0500. The van der Waals surface area contributed by atoms with Crippen molar-refractivity contribution in [1.82, 2.24) is 0 Å². The summed E-state index contributed by atoms with van der Waals surface area (Å²) < 4.78 is 5.36. The number of hydrogen-bond acceptors (Lipinski definition) is 3. The van der Waals surface area contributed by atoms with Gasteiger partial charge in [-0.1, -0.05) is 12.1 Å². The average Bonchev–Trinajstić information content (AvgIpc) is 2.61. The van der Waals surface area contributed by atoms with Gasteiger partial charge < -0.3 is 10.2 Å². The Morgan fingerprint density at radius 2 is 1.88 bits per heavy atom. The van der Waals surface area contributed by atoms with Crippen LogP contribution in [0.1, 0.15) is 33.0 Å². The third-order valence-corrected chi connectivity index (χ3v) is 2.83. The minimum Gasteiger partial charge on any atom is -0.466 e. The van der Waals surface area contributed by atoms with Gasteiger partial charge in [-0.2, -0.15) is 0 Å². The van der Waals surface area contributed by atoms with Crippen molar-refractivity contribution in [3.63, 3.8) is 0 Å². The molecule has 0 spiro atoms. The zero-order chi connectivity index (χ0) is 12.6. The molecule has 0 aliphatic carbocycles. The molecule has 88 valence electrons. The maximum absolute atomic E-state index is 12.2. The molecule has 0 amide bonds. The maximum Gasteiger partial charge on any atom is 0.196 e. The van der Waals surface area contributed by atoms with E-state index in [0.29, 0.717) is 22.6 Å². The Labute approximate surface area is 100 Å². The molecule has 2 aromatic rings. The van der Waals surface area contributed by atoms with Gasteiger partial charge in [-0.3, -0.25) is 4.79 Å². The monoisotopic (exact) mass is 229 g/mol. The van der Waals surface area contributed by atoms with Crippen molar-refractivity contribution in [2.75, 3.05) is 5.73 Å². The van der Waals surface area contributed by atoms with Gasteiger partial charge in [-0.15, -0.1) is 0 Å². The molecule has 0 fully saturated rings. The standard InChI is InChI=1S/C14H15NO2/c1-8-4-5-11(7-13(8)15)14(16)12-6-9(2)17-10(12)3/h4-7H,15H2,1-3H3. The zero-order valence-electron chi connectivity index (χ0n) is 10.2. The molecule has 0 saturated heterocycles. The molecule has 2 N–H and O–H groups in total. The van der Waals surface area contributed by atoms with Crippen LogP contribution in [0.4, 0.5) is 5.69 Å². The molecular weight excluding hydrogens is 214 g/mol. The van der Waals surface area contributed by atoms with Crippen molar-refractivity contribution in [2.45, 2.75) is 20.8 Å². The molecule has 0 aliphatic rings. The van der Waals surface area contributed by atoms with E-state index in [1.165, 1.54) is 0 Å². The first kappa shape index (κ1) is 11.5. The number of benzene rings is 1. The van der Waals surface area contributed by atoms with Crippen LogP contribution in [0.25, 0.3) is 0 Å². The second kappa shape index (κ2) is 4.09. The highest BCUT2D eigenvalue weighted by atomic mass is 16.3. The SMILES string of the molecule is Cc1cc(C(=O)c2ccc(C)c(N)c2)c(C)o1. The summed E-state index contributed by atoms with van der Waals surface area (Å²) in [6.45, 7) is 5.53. The van der Waals surface area contributed by atoms with Gasteiger partial charge >= 0.3 is 0 Å². The van der Waals surface area contributed by atoms with Gasteiger partial charge in [0.25, 0.3) is 0 Å². The van der Waals surface area contributed by atoms with Gasteiger partial charge in [0.05, 0.1) is 5.56 Å². The lowest BCUT2D eigenvalue weighted by Crippen LogP contribution is -2.03. The van der Waals surface area contributed by atoms with Crippen LogP contribution < -0.4 is 5.73 Å². The number of nitrogens with two attached hydrogens (primary N) is 1. The van der Waals surface area contributed by atoms with Gasteiger partial charge in [0.15, 0.2) is 5.78 Å². The van der Waals surface area contributed by atoms with Crippen LogP contribution in [0.2, 0.25) is 0 Å². The highest BCUT2D eigenvalue weighted by Gasteiger charge is 2.15. The third kappa shape index (κ3) is 2.09. The Morgan fingerprint density at radius 1 is 1.18 bits per heavy atom. The fraction of sp³-hybridized carbons (Fsp3) is 0.214. The van der Waals surface area contributed by atoms with Crippen molar-refractivity contribution >= 4 is 11.5 Å². The predicted molar refractivity (Wildman–Crippen MR) is 67.2 cm³/mol. The van der Waals surface area contributed by atoms with E-state index in [9.17, 15) is 4.79 Å². The van der Waals surface area contributed by atoms with Crippen molar-refractivity contribution in [1.29, 1.82) is 0 Å². The van der Waals surface area contributed by atoms with E-state index in [1.807, 2.05) is 19.9 Å². The van der Waals surface area contributed by atoms with E-state index in [2.05, 4.69) is 0 Å². The fourth-order valence-corrected chi connectivity index (χ4v) is 1.79. The molecule has 0 aliphatic heterocycles. The second-order valence-electron chi connectivity index (χ2n) is 4.23. The van der Waals surface area contributed by atoms with Crippen LogP contribution in [0.15, 0.2) is 28.7 Å². The molecule has 17 heavy (non-hydrogen) atoms. The first-order valence-corrected chi connectivity index (χ1v) is 5.47. The molecule has 1 aromatic heterocycles. The summed E-state index contributed by atoms with van der Waals surface area (Å²) in [5, 5.41) is 0. The summed E-state index contributed by atoms with van der Waals surface area (Å²) in [5.41, 5.74) is 8.61. The highest BCUT2D eigenvalue weighted by molar-refractivity contribution is 6.10. The van der Waals surface area contributed by atoms with E-state index in [0.717, 1.165) is 11.3 Å². The Morgan fingerprint density at radius 3 is 2.41 bits per heavy atom. The van der Waals surface area contributed by atoms with Gasteiger partial charge in [0.1, 0.15) is 11.5 Å². The molecule has 0 atom stereocenters. The van der Waals surface area contributed by atoms with Crippen molar-refractivity contribution < 1.29 is 9.21 Å². The third-order valence-electron chi connectivity index (χ3n) is 2.83. The minimum absolute atomic E-state index is 0.0500. The lowest BCUT2D eigenvalue weighted by Gasteiger charge is -2.03. The van der Waals surface area contributed by atoms with E-state index in [1.54, 1.807) is 25.1 Å². The van der Waals surface area contributed by atoms with Crippen LogP contribution in [-0.2, 0) is 0 Å². The number of aryl methyl sites for hydroxylation is 3. The Hall–Kier alpha value is -2.03. The van der Waals surface area contributed by atoms with Crippen molar-refractivity contribution in [3.05, 3.63) is 52.5 Å². The molecule has 0 radical (unpaired) electrons. The summed E-state index contributed by atoms with van der Waals surface area (Å²) in [4.78, 5) is 12.2. The first-order chi connectivity index (χ1) is 7.99. The van der Waals surface area contributed by atoms with Crippen LogP contribution in [0.3, 0.4) is 0 Å². The molecule has 3 nitrogen and oxygen atoms in total. The van der Waals surface area contributed by atoms with E-state index in [4.69, 9.17) is 10.2 Å². The topological polar surface area (TPSA) is 56.2 Å². The van der Waals surface area contributed by atoms with Gasteiger partial charge in [-0.25, -0.2) is 0 Å². The number of ketones is 1. The molecule has 1 heterocycles. The molecule has 0 unspecified atom stereocenters. The number of hydrogen-bond donors (Lipinski definition) is 1. The smallest absolute Gasteiger partial charge is 0.196 e. The molecule has 1 aromatic carbocycles. The molecule has 2 rings (SSSR count). The number of anilines is 1. The van der Waals surface area contributed by atoms with E-state index < -0.39 is 0 Å². The molecule has 3 heteroatoms. The number of nitrogen functional groups attached to an aromatic ring is 1.